The molecule has 1 unspecified atom stereocenters. The van der Waals surface area contributed by atoms with Gasteiger partial charge in [0.15, 0.2) is 0 Å². The van der Waals surface area contributed by atoms with Crippen LogP contribution in [-0.2, 0) is 4.74 Å². The third kappa shape index (κ3) is 3.38. The zero-order valence-corrected chi connectivity index (χ0v) is 13.4. The Morgan fingerprint density at radius 3 is 2.86 bits per heavy atom. The molecule has 0 radical (unpaired) electrons. The molecule has 1 atom stereocenters. The topological polar surface area (TPSA) is 73.1 Å². The van der Waals surface area contributed by atoms with Gasteiger partial charge in [0.1, 0.15) is 0 Å². The first kappa shape index (κ1) is 15.2. The highest BCUT2D eigenvalue weighted by molar-refractivity contribution is 6.31. The van der Waals surface area contributed by atoms with Crippen molar-refractivity contribution in [3.8, 4) is 11.3 Å². The van der Waals surface area contributed by atoms with Gasteiger partial charge in [-0.1, -0.05) is 11.6 Å². The number of aromatic nitrogens is 2. The van der Waals surface area contributed by atoms with E-state index >= 15 is 0 Å². The molecule has 2 heterocycles. The number of nitrogens with two attached hydrogens (primary N) is 1. The van der Waals surface area contributed by atoms with Crippen LogP contribution >= 0.6 is 11.6 Å². The van der Waals surface area contributed by atoms with E-state index < -0.39 is 0 Å². The fourth-order valence-corrected chi connectivity index (χ4v) is 2.74. The lowest BCUT2D eigenvalue weighted by atomic mass is 9.99. The van der Waals surface area contributed by atoms with E-state index in [0.29, 0.717) is 11.6 Å². The van der Waals surface area contributed by atoms with Crippen LogP contribution in [0.4, 0.5) is 5.95 Å². The highest BCUT2D eigenvalue weighted by Crippen LogP contribution is 2.29. The minimum atomic E-state index is -0.140. The first-order valence-corrected chi connectivity index (χ1v) is 7.57. The average Bonchev–Trinajstić information content (AvgIpc) is 2.46. The largest absolute Gasteiger partial charge is 0.372 e. The maximum absolute atomic E-state index is 6.27. The van der Waals surface area contributed by atoms with Gasteiger partial charge in [0.05, 0.1) is 23.9 Å². The summed E-state index contributed by atoms with van der Waals surface area (Å²) in [5.74, 6) is 0.250. The van der Waals surface area contributed by atoms with Gasteiger partial charge in [0.2, 0.25) is 5.95 Å². The van der Waals surface area contributed by atoms with Crippen molar-refractivity contribution in [3.05, 3.63) is 41.0 Å². The predicted molar refractivity (Wildman–Crippen MR) is 87.7 cm³/mol. The van der Waals surface area contributed by atoms with Crippen molar-refractivity contribution in [2.75, 3.05) is 18.9 Å². The number of morpholine rings is 1. The van der Waals surface area contributed by atoms with E-state index in [2.05, 4.69) is 35.2 Å². The van der Waals surface area contributed by atoms with Crippen LogP contribution in [0.15, 0.2) is 30.5 Å². The molecule has 5 nitrogen and oxygen atoms in total. The fourth-order valence-electron chi connectivity index (χ4n) is 2.50. The van der Waals surface area contributed by atoms with Gasteiger partial charge in [0.25, 0.3) is 0 Å². The fraction of sp³-hybridized carbons (Fsp3) is 0.375. The smallest absolute Gasteiger partial charge is 0.220 e. The number of hydrogen-bond acceptors (Lipinski definition) is 5. The maximum Gasteiger partial charge on any atom is 0.220 e. The number of ether oxygens (including phenoxy) is 1. The SMILES string of the molecule is CC1(C)CNC(c2cc(Cl)cc(-c3ccnc(N)n3)c2)CO1. The lowest BCUT2D eigenvalue weighted by Gasteiger charge is -2.36. The monoisotopic (exact) mass is 318 g/mol. The van der Waals surface area contributed by atoms with E-state index in [1.807, 2.05) is 18.2 Å². The highest BCUT2D eigenvalue weighted by atomic mass is 35.5. The summed E-state index contributed by atoms with van der Waals surface area (Å²) >= 11 is 6.27. The van der Waals surface area contributed by atoms with Crippen molar-refractivity contribution in [2.24, 2.45) is 0 Å². The Morgan fingerprint density at radius 2 is 2.18 bits per heavy atom. The molecule has 6 heteroatoms. The molecule has 0 saturated carbocycles. The van der Waals surface area contributed by atoms with Gasteiger partial charge in [-0.25, -0.2) is 9.97 Å². The van der Waals surface area contributed by atoms with Crippen molar-refractivity contribution in [1.29, 1.82) is 0 Å². The minimum absolute atomic E-state index is 0.115. The number of nitrogens with one attached hydrogen (secondary N) is 1. The van der Waals surface area contributed by atoms with Crippen LogP contribution in [0, 0.1) is 0 Å². The van der Waals surface area contributed by atoms with Gasteiger partial charge in [-0.2, -0.15) is 0 Å². The number of hydrogen-bond donors (Lipinski definition) is 2. The molecule has 0 bridgehead atoms. The Labute approximate surface area is 134 Å². The predicted octanol–water partition coefficient (Wildman–Crippen LogP) is 2.82. The molecule has 1 aliphatic rings. The summed E-state index contributed by atoms with van der Waals surface area (Å²) in [5.41, 5.74) is 8.27. The van der Waals surface area contributed by atoms with E-state index in [0.717, 1.165) is 23.4 Å². The normalized spacial score (nSPS) is 20.8. The van der Waals surface area contributed by atoms with E-state index in [4.69, 9.17) is 22.1 Å². The zero-order valence-electron chi connectivity index (χ0n) is 12.6. The van der Waals surface area contributed by atoms with Crippen LogP contribution in [0.1, 0.15) is 25.5 Å². The molecule has 3 N–H and O–H groups in total. The van der Waals surface area contributed by atoms with Gasteiger partial charge in [-0.15, -0.1) is 0 Å². The first-order chi connectivity index (χ1) is 10.4. The lowest BCUT2D eigenvalue weighted by molar-refractivity contribution is -0.0586. The van der Waals surface area contributed by atoms with Crippen LogP contribution in [0.2, 0.25) is 5.02 Å². The average molecular weight is 319 g/mol. The number of halogens is 1. The number of rotatable bonds is 2. The van der Waals surface area contributed by atoms with E-state index in [-0.39, 0.29) is 17.6 Å². The van der Waals surface area contributed by atoms with Gasteiger partial charge in [-0.05, 0) is 43.7 Å². The summed E-state index contributed by atoms with van der Waals surface area (Å²) in [6.07, 6.45) is 1.64. The van der Waals surface area contributed by atoms with Crippen molar-refractivity contribution < 1.29 is 4.74 Å². The Morgan fingerprint density at radius 1 is 1.36 bits per heavy atom. The summed E-state index contributed by atoms with van der Waals surface area (Å²) in [6.45, 7) is 5.55. The number of nitrogen functional groups attached to an aromatic ring is 1. The molecule has 2 aromatic rings. The minimum Gasteiger partial charge on any atom is -0.372 e. The summed E-state index contributed by atoms with van der Waals surface area (Å²) in [5, 5.41) is 4.17. The molecule has 22 heavy (non-hydrogen) atoms. The molecule has 116 valence electrons. The second-order valence-electron chi connectivity index (χ2n) is 6.08. The van der Waals surface area contributed by atoms with Gasteiger partial charge in [-0.3, -0.25) is 0 Å². The quantitative estimate of drug-likeness (QED) is 0.890. The van der Waals surface area contributed by atoms with Crippen LogP contribution in [0.25, 0.3) is 11.3 Å². The van der Waals surface area contributed by atoms with Gasteiger partial charge >= 0.3 is 0 Å². The summed E-state index contributed by atoms with van der Waals surface area (Å²) in [6, 6.07) is 7.83. The summed E-state index contributed by atoms with van der Waals surface area (Å²) in [7, 11) is 0. The van der Waals surface area contributed by atoms with Crippen molar-refractivity contribution in [3.63, 3.8) is 0 Å². The first-order valence-electron chi connectivity index (χ1n) is 7.20. The Hall–Kier alpha value is -1.69. The third-order valence-corrected chi connectivity index (χ3v) is 3.93. The molecule has 0 spiro atoms. The number of benzene rings is 1. The molecule has 3 rings (SSSR count). The second kappa shape index (κ2) is 5.83. The Kier molecular flexibility index (Phi) is 4.04. The number of nitrogens with zero attached hydrogens (tertiary/aromatic N) is 2. The van der Waals surface area contributed by atoms with Gasteiger partial charge < -0.3 is 15.8 Å². The molecule has 0 amide bonds. The number of anilines is 1. The Bertz CT molecular complexity index is 680. The zero-order chi connectivity index (χ0) is 15.7. The van der Waals surface area contributed by atoms with Crippen LogP contribution in [0.5, 0.6) is 0 Å². The maximum atomic E-state index is 6.27. The third-order valence-electron chi connectivity index (χ3n) is 3.71. The van der Waals surface area contributed by atoms with Crippen molar-refractivity contribution >= 4 is 17.5 Å². The van der Waals surface area contributed by atoms with Crippen molar-refractivity contribution in [2.45, 2.75) is 25.5 Å². The van der Waals surface area contributed by atoms with Crippen LogP contribution < -0.4 is 11.1 Å². The summed E-state index contributed by atoms with van der Waals surface area (Å²) in [4.78, 5) is 8.17. The van der Waals surface area contributed by atoms with Crippen LogP contribution in [-0.4, -0.2) is 28.7 Å². The molecular formula is C16H19ClN4O. The molecule has 1 aromatic heterocycles. The molecule has 1 aromatic carbocycles. The Balaban J connectivity index is 1.91. The van der Waals surface area contributed by atoms with E-state index in [9.17, 15) is 0 Å². The highest BCUT2D eigenvalue weighted by Gasteiger charge is 2.28. The molecule has 1 fully saturated rings. The van der Waals surface area contributed by atoms with Crippen LogP contribution in [0.3, 0.4) is 0 Å². The lowest BCUT2D eigenvalue weighted by Crippen LogP contribution is -2.47. The molecule has 1 aliphatic heterocycles. The van der Waals surface area contributed by atoms with E-state index in [1.165, 1.54) is 0 Å². The molecular weight excluding hydrogens is 300 g/mol. The second-order valence-corrected chi connectivity index (χ2v) is 6.51. The standard InChI is InChI=1S/C16H19ClN4O/c1-16(2)9-20-14(8-22-16)11-5-10(6-12(17)7-11)13-3-4-19-15(18)21-13/h3-7,14,20H,8-9H2,1-2H3,(H2,18,19,21). The van der Waals surface area contributed by atoms with Gasteiger partial charge in [0, 0.05) is 23.3 Å². The molecule has 1 saturated heterocycles. The summed E-state index contributed by atoms with van der Waals surface area (Å²) < 4.78 is 5.89. The van der Waals surface area contributed by atoms with Crippen molar-refractivity contribution in [1.82, 2.24) is 15.3 Å². The molecule has 0 aliphatic carbocycles. The van der Waals surface area contributed by atoms with E-state index in [1.54, 1.807) is 6.20 Å².